The standard InChI is InChI=1S/C23H24FN3O6/c1-27-11-21(28)26-19-10-25-3-2-20(19)32-12-13-4-16(24)9-17(5-13)33-18-7-14(22(27)29)6-15(8-18)23(30)31/h4-9,19-20,25H,2-3,10-12H2,1H3,(H,26,28)(H,30,31)/t19-,20+/m1/s1. The van der Waals surface area contributed by atoms with Crippen molar-refractivity contribution in [2.24, 2.45) is 0 Å². The van der Waals surface area contributed by atoms with Crippen molar-refractivity contribution in [2.45, 2.75) is 25.2 Å². The number of amides is 2. The monoisotopic (exact) mass is 457 g/mol. The number of benzene rings is 2. The number of carbonyl (C=O) groups is 3. The third kappa shape index (κ3) is 5.47. The van der Waals surface area contributed by atoms with Crippen molar-refractivity contribution in [1.29, 1.82) is 0 Å². The number of ether oxygens (including phenoxy) is 2. The van der Waals surface area contributed by atoms with Gasteiger partial charge in [0.2, 0.25) is 5.91 Å². The molecule has 2 aliphatic rings. The summed E-state index contributed by atoms with van der Waals surface area (Å²) in [6.45, 7) is 1.09. The Morgan fingerprint density at radius 2 is 1.94 bits per heavy atom. The molecule has 1 saturated heterocycles. The quantitative estimate of drug-likeness (QED) is 0.597. The molecule has 1 fully saturated rings. The smallest absolute Gasteiger partial charge is 0.335 e. The molecule has 0 aliphatic carbocycles. The first-order valence-corrected chi connectivity index (χ1v) is 10.5. The van der Waals surface area contributed by atoms with Crippen molar-refractivity contribution in [1.82, 2.24) is 15.5 Å². The van der Waals surface area contributed by atoms with Gasteiger partial charge in [-0.05, 0) is 48.9 Å². The number of hydrogen-bond acceptors (Lipinski definition) is 6. The van der Waals surface area contributed by atoms with Gasteiger partial charge in [-0.3, -0.25) is 9.59 Å². The van der Waals surface area contributed by atoms with E-state index in [1.165, 1.54) is 42.3 Å². The maximum Gasteiger partial charge on any atom is 0.335 e. The van der Waals surface area contributed by atoms with Crippen LogP contribution < -0.4 is 15.4 Å². The van der Waals surface area contributed by atoms with E-state index in [-0.39, 0.29) is 53.8 Å². The van der Waals surface area contributed by atoms with Gasteiger partial charge in [0.25, 0.3) is 5.91 Å². The van der Waals surface area contributed by atoms with Gasteiger partial charge in [0.05, 0.1) is 30.9 Å². The summed E-state index contributed by atoms with van der Waals surface area (Å²) in [6.07, 6.45) is 0.364. The maximum atomic E-state index is 14.3. The molecule has 9 nitrogen and oxygen atoms in total. The number of fused-ring (bicyclic) bond motifs is 5. The molecule has 174 valence electrons. The van der Waals surface area contributed by atoms with Gasteiger partial charge in [-0.15, -0.1) is 0 Å². The maximum absolute atomic E-state index is 14.3. The molecule has 2 heterocycles. The summed E-state index contributed by atoms with van der Waals surface area (Å²) in [6, 6.07) is 7.57. The Labute approximate surface area is 189 Å². The van der Waals surface area contributed by atoms with Crippen LogP contribution in [0.2, 0.25) is 0 Å². The Morgan fingerprint density at radius 1 is 1.15 bits per heavy atom. The fourth-order valence-electron chi connectivity index (χ4n) is 3.95. The third-order valence-corrected chi connectivity index (χ3v) is 5.52. The summed E-state index contributed by atoms with van der Waals surface area (Å²) in [4.78, 5) is 38.3. The molecule has 0 aromatic heterocycles. The van der Waals surface area contributed by atoms with E-state index < -0.39 is 17.7 Å². The third-order valence-electron chi connectivity index (χ3n) is 5.52. The molecule has 10 heteroatoms. The van der Waals surface area contributed by atoms with Gasteiger partial charge >= 0.3 is 5.97 Å². The molecule has 0 spiro atoms. The summed E-state index contributed by atoms with van der Waals surface area (Å²) >= 11 is 0. The largest absolute Gasteiger partial charge is 0.478 e. The number of nitrogens with one attached hydrogen (secondary N) is 2. The Balaban J connectivity index is 1.74. The second-order valence-corrected chi connectivity index (χ2v) is 8.13. The Hall–Kier alpha value is -3.50. The van der Waals surface area contributed by atoms with Crippen LogP contribution in [0.25, 0.3) is 0 Å². The van der Waals surface area contributed by atoms with E-state index in [4.69, 9.17) is 9.47 Å². The number of halogens is 1. The number of carbonyl (C=O) groups excluding carboxylic acids is 2. The van der Waals surface area contributed by atoms with Gasteiger partial charge in [0, 0.05) is 25.2 Å². The van der Waals surface area contributed by atoms with Crippen molar-refractivity contribution in [3.05, 3.63) is 58.9 Å². The van der Waals surface area contributed by atoms with E-state index in [2.05, 4.69) is 10.6 Å². The highest BCUT2D eigenvalue weighted by Gasteiger charge is 2.28. The molecule has 4 bridgehead atoms. The second kappa shape index (κ2) is 9.55. The zero-order valence-corrected chi connectivity index (χ0v) is 18.0. The van der Waals surface area contributed by atoms with Gasteiger partial charge in [-0.1, -0.05) is 0 Å². The molecular weight excluding hydrogens is 433 g/mol. The van der Waals surface area contributed by atoms with Crippen molar-refractivity contribution in [3.63, 3.8) is 0 Å². The number of aromatic carboxylic acids is 1. The number of rotatable bonds is 1. The molecule has 2 atom stereocenters. The molecule has 0 radical (unpaired) electrons. The van der Waals surface area contributed by atoms with Crippen LogP contribution in [0, 0.1) is 5.82 Å². The topological polar surface area (TPSA) is 117 Å². The van der Waals surface area contributed by atoms with Crippen LogP contribution in [0.4, 0.5) is 4.39 Å². The van der Waals surface area contributed by atoms with Gasteiger partial charge in [0.15, 0.2) is 0 Å². The molecule has 2 aliphatic heterocycles. The van der Waals surface area contributed by atoms with Crippen molar-refractivity contribution in [3.8, 4) is 11.5 Å². The average Bonchev–Trinajstić information content (AvgIpc) is 2.76. The van der Waals surface area contributed by atoms with Crippen LogP contribution in [0.15, 0.2) is 36.4 Å². The second-order valence-electron chi connectivity index (χ2n) is 8.13. The zero-order chi connectivity index (χ0) is 23.5. The molecule has 2 aromatic carbocycles. The summed E-state index contributed by atoms with van der Waals surface area (Å²) in [5.41, 5.74) is 0.376. The normalized spacial score (nSPS) is 21.6. The predicted molar refractivity (Wildman–Crippen MR) is 115 cm³/mol. The summed E-state index contributed by atoms with van der Waals surface area (Å²) in [5, 5.41) is 15.5. The molecule has 0 unspecified atom stereocenters. The molecule has 33 heavy (non-hydrogen) atoms. The van der Waals surface area contributed by atoms with E-state index in [9.17, 15) is 23.9 Å². The van der Waals surface area contributed by atoms with Crippen molar-refractivity contribution in [2.75, 3.05) is 26.7 Å². The van der Waals surface area contributed by atoms with Crippen LogP contribution in [0.3, 0.4) is 0 Å². The van der Waals surface area contributed by atoms with Crippen molar-refractivity contribution < 1.29 is 33.4 Å². The molecular formula is C23H24FN3O6. The van der Waals surface area contributed by atoms with Crippen LogP contribution >= 0.6 is 0 Å². The fourth-order valence-corrected chi connectivity index (χ4v) is 3.95. The first-order valence-electron chi connectivity index (χ1n) is 10.5. The Kier molecular flexibility index (Phi) is 6.57. The predicted octanol–water partition coefficient (Wildman–Crippen LogP) is 1.77. The lowest BCUT2D eigenvalue weighted by atomic mass is 10.0. The number of hydrogen-bond donors (Lipinski definition) is 3. The zero-order valence-electron chi connectivity index (χ0n) is 18.0. The minimum Gasteiger partial charge on any atom is -0.478 e. The Bertz CT molecular complexity index is 1090. The fraction of sp³-hybridized carbons (Fsp3) is 0.348. The lowest BCUT2D eigenvalue weighted by molar-refractivity contribution is -0.124. The average molecular weight is 457 g/mol. The molecule has 0 saturated carbocycles. The number of piperidine rings is 1. The first-order chi connectivity index (χ1) is 15.8. The highest BCUT2D eigenvalue weighted by atomic mass is 19.1. The SMILES string of the molecule is CN1CC(=O)N[C@@H]2CNCC[C@@H]2OCc2cc(F)cc(c2)Oc2cc(C(=O)O)cc(c2)C1=O. The Morgan fingerprint density at radius 3 is 2.73 bits per heavy atom. The number of carboxylic acids is 1. The number of carboxylic acid groups (broad SMARTS) is 1. The van der Waals surface area contributed by atoms with Crippen LogP contribution in [0.1, 0.15) is 32.7 Å². The van der Waals surface area contributed by atoms with E-state index in [0.29, 0.717) is 25.1 Å². The molecule has 2 amide bonds. The lowest BCUT2D eigenvalue weighted by Crippen LogP contribution is -2.56. The first kappa shape index (κ1) is 22.7. The highest BCUT2D eigenvalue weighted by molar-refractivity contribution is 5.99. The van der Waals surface area contributed by atoms with E-state index in [1.54, 1.807) is 6.07 Å². The van der Waals surface area contributed by atoms with Crippen LogP contribution in [-0.4, -0.2) is 66.6 Å². The van der Waals surface area contributed by atoms with Gasteiger partial charge in [-0.2, -0.15) is 0 Å². The van der Waals surface area contributed by atoms with Crippen molar-refractivity contribution >= 4 is 17.8 Å². The highest BCUT2D eigenvalue weighted by Crippen LogP contribution is 2.27. The minimum absolute atomic E-state index is 0.0319. The van der Waals surface area contributed by atoms with Crippen LogP contribution in [-0.2, 0) is 16.1 Å². The summed E-state index contributed by atoms with van der Waals surface area (Å²) < 4.78 is 26.0. The number of likely N-dealkylation sites (N-methyl/N-ethyl adjacent to an activating group) is 1. The van der Waals surface area contributed by atoms with Gasteiger partial charge < -0.3 is 30.1 Å². The molecule has 3 N–H and O–H groups in total. The summed E-state index contributed by atoms with van der Waals surface area (Å²) in [7, 11) is 1.45. The minimum atomic E-state index is -1.26. The van der Waals surface area contributed by atoms with E-state index >= 15 is 0 Å². The molecule has 2 aromatic rings. The van der Waals surface area contributed by atoms with Gasteiger partial charge in [-0.25, -0.2) is 9.18 Å². The number of nitrogens with zero attached hydrogens (tertiary/aromatic N) is 1. The van der Waals surface area contributed by atoms with Gasteiger partial charge in [0.1, 0.15) is 17.3 Å². The summed E-state index contributed by atoms with van der Waals surface area (Å²) in [5.74, 6) is -2.54. The lowest BCUT2D eigenvalue weighted by Gasteiger charge is -2.33. The van der Waals surface area contributed by atoms with E-state index in [1.807, 2.05) is 0 Å². The van der Waals surface area contributed by atoms with Crippen LogP contribution in [0.5, 0.6) is 11.5 Å². The molecule has 4 rings (SSSR count). The van der Waals surface area contributed by atoms with E-state index in [0.717, 1.165) is 0 Å².